The van der Waals surface area contributed by atoms with Gasteiger partial charge in [0.25, 0.3) is 0 Å². The van der Waals surface area contributed by atoms with Crippen molar-refractivity contribution in [3.8, 4) is 0 Å². The number of oxazole rings is 1. The van der Waals surface area contributed by atoms with E-state index in [1.807, 2.05) is 37.3 Å². The summed E-state index contributed by atoms with van der Waals surface area (Å²) in [5.41, 5.74) is 4.57. The number of carbonyl (C=O) groups excluding carboxylic acids is 1. The number of benzene rings is 1. The van der Waals surface area contributed by atoms with Gasteiger partial charge >= 0.3 is 5.97 Å². The minimum absolute atomic E-state index is 0.234. The van der Waals surface area contributed by atoms with Crippen molar-refractivity contribution in [1.82, 2.24) is 4.98 Å². The van der Waals surface area contributed by atoms with Crippen molar-refractivity contribution in [2.45, 2.75) is 115 Å². The highest BCUT2D eigenvalue weighted by Gasteiger charge is 2.57. The number of esters is 1. The van der Waals surface area contributed by atoms with E-state index in [0.717, 1.165) is 48.9 Å². The van der Waals surface area contributed by atoms with Gasteiger partial charge in [-0.05, 0) is 118 Å². The van der Waals surface area contributed by atoms with E-state index in [1.54, 1.807) is 6.26 Å². The fourth-order valence-electron chi connectivity index (χ4n) is 8.91. The van der Waals surface area contributed by atoms with Gasteiger partial charge in [0.05, 0.1) is 28.9 Å². The minimum atomic E-state index is -0.658. The van der Waals surface area contributed by atoms with Crippen molar-refractivity contribution in [3.63, 3.8) is 0 Å². The Morgan fingerprint density at radius 1 is 1.16 bits per heavy atom. The highest BCUT2D eigenvalue weighted by Crippen LogP contribution is 2.60. The first kappa shape index (κ1) is 31.0. The van der Waals surface area contributed by atoms with E-state index < -0.39 is 12.2 Å². The minimum Gasteiger partial charge on any atom is -0.458 e. The van der Waals surface area contributed by atoms with E-state index in [0.29, 0.717) is 42.0 Å². The van der Waals surface area contributed by atoms with E-state index in [9.17, 15) is 15.0 Å². The molecule has 6 heteroatoms. The lowest BCUT2D eigenvalue weighted by Gasteiger charge is -2.44. The van der Waals surface area contributed by atoms with E-state index >= 15 is 0 Å². The molecule has 0 unspecified atom stereocenters. The van der Waals surface area contributed by atoms with Crippen LogP contribution in [-0.4, -0.2) is 39.5 Å². The fraction of sp³-hybridized carbons (Fsp3) is 0.579. The maximum atomic E-state index is 13.3. The number of allylic oxidation sites excluding steroid dienone is 3. The summed E-state index contributed by atoms with van der Waals surface area (Å²) in [5, 5.41) is 20.5. The van der Waals surface area contributed by atoms with Gasteiger partial charge in [0, 0.05) is 6.42 Å². The van der Waals surface area contributed by atoms with Crippen LogP contribution in [0.1, 0.15) is 106 Å². The van der Waals surface area contributed by atoms with E-state index in [2.05, 4.69) is 37.6 Å². The number of aliphatic hydroxyl groups excluding tert-OH is 2. The van der Waals surface area contributed by atoms with Gasteiger partial charge in [0.15, 0.2) is 0 Å². The van der Waals surface area contributed by atoms with Crippen molar-refractivity contribution in [2.75, 3.05) is 0 Å². The molecule has 1 heterocycles. The Hall–Kier alpha value is -2.96. The summed E-state index contributed by atoms with van der Waals surface area (Å²) in [6, 6.07) is 9.28. The Bertz CT molecular complexity index is 1420. The molecule has 4 fully saturated rings. The first-order chi connectivity index (χ1) is 21.1. The Morgan fingerprint density at radius 3 is 2.64 bits per heavy atom. The summed E-state index contributed by atoms with van der Waals surface area (Å²) in [6.45, 7) is 10.9. The van der Waals surface area contributed by atoms with Crippen LogP contribution < -0.4 is 0 Å². The second-order valence-electron chi connectivity index (χ2n) is 14.4. The third-order valence-electron chi connectivity index (χ3n) is 11.6. The molecule has 6 nitrogen and oxygen atoms in total. The molecule has 0 bridgehead atoms. The van der Waals surface area contributed by atoms with Crippen LogP contribution in [-0.2, 0) is 10.2 Å². The predicted octanol–water partition coefficient (Wildman–Crippen LogP) is 7.80. The van der Waals surface area contributed by atoms with E-state index in [1.165, 1.54) is 31.3 Å². The molecule has 4 aliphatic rings. The molecule has 1 aromatic heterocycles. The Morgan fingerprint density at radius 2 is 1.93 bits per heavy atom. The standard InChI is InChI=1S/C38H49NO5/c1-24(12-17-34(44-35(42)28-9-6-5-7-10-28)38(19-20-38)36-39-25(2)23-43-36)31-15-16-32-27(11-8-18-37(31,32)4)13-14-29-21-30(40)22-33(41)26(29)3/h5-7,9-10,13-14,23-24,30-34,40-41H,3,8,11-12,15-22H2,1-2,4H3/t24-,30-,31-,32+,33+,34+,37-/m1/s1. The molecule has 44 heavy (non-hydrogen) atoms. The predicted molar refractivity (Wildman–Crippen MR) is 171 cm³/mol. The van der Waals surface area contributed by atoms with Crippen LogP contribution in [0.5, 0.6) is 0 Å². The largest absolute Gasteiger partial charge is 0.458 e. The van der Waals surface area contributed by atoms with Crippen molar-refractivity contribution >= 4 is 5.97 Å². The molecule has 236 valence electrons. The molecule has 4 saturated carbocycles. The van der Waals surface area contributed by atoms with Gasteiger partial charge in [0.1, 0.15) is 12.4 Å². The fourth-order valence-corrected chi connectivity index (χ4v) is 8.91. The Labute approximate surface area is 262 Å². The number of hydrogen-bond acceptors (Lipinski definition) is 6. The highest BCUT2D eigenvalue weighted by atomic mass is 16.5. The molecule has 1 aromatic carbocycles. The van der Waals surface area contributed by atoms with Crippen LogP contribution in [0.25, 0.3) is 0 Å². The van der Waals surface area contributed by atoms with Crippen LogP contribution >= 0.6 is 0 Å². The Balaban J connectivity index is 1.17. The van der Waals surface area contributed by atoms with Crippen LogP contribution in [0.2, 0.25) is 0 Å². The molecule has 6 rings (SSSR count). The van der Waals surface area contributed by atoms with Crippen LogP contribution in [0.4, 0.5) is 0 Å². The van der Waals surface area contributed by atoms with Crippen LogP contribution in [0, 0.1) is 30.1 Å². The van der Waals surface area contributed by atoms with Gasteiger partial charge in [-0.2, -0.15) is 0 Å². The summed E-state index contributed by atoms with van der Waals surface area (Å²) in [6.07, 6.45) is 15.1. The molecule has 0 radical (unpaired) electrons. The first-order valence-corrected chi connectivity index (χ1v) is 16.7. The van der Waals surface area contributed by atoms with Crippen molar-refractivity contribution in [1.29, 1.82) is 0 Å². The number of aromatic nitrogens is 1. The van der Waals surface area contributed by atoms with E-state index in [4.69, 9.17) is 9.15 Å². The SMILES string of the molecule is C=C1C(=CC=C2CCC[C@]3(C)[C@@H]([C@H](C)CC[C@H](OC(=O)c4ccccc4)C4(c5nc(C)co5)CC4)CC[C@@H]23)C[C@@H](O)C[C@@H]1O. The number of aliphatic hydroxyl groups is 2. The quantitative estimate of drug-likeness (QED) is 0.286. The zero-order chi connectivity index (χ0) is 31.1. The second kappa shape index (κ2) is 12.4. The molecular formula is C38H49NO5. The lowest BCUT2D eigenvalue weighted by atomic mass is 9.60. The normalized spacial score (nSPS) is 32.8. The van der Waals surface area contributed by atoms with Gasteiger partial charge in [-0.3, -0.25) is 0 Å². The van der Waals surface area contributed by atoms with Crippen molar-refractivity contribution < 1.29 is 24.2 Å². The third-order valence-corrected chi connectivity index (χ3v) is 11.6. The second-order valence-corrected chi connectivity index (χ2v) is 14.4. The van der Waals surface area contributed by atoms with Crippen LogP contribution in [0.3, 0.4) is 0 Å². The lowest BCUT2D eigenvalue weighted by Crippen LogP contribution is -2.37. The number of rotatable bonds is 9. The number of fused-ring (bicyclic) bond motifs is 1. The van der Waals surface area contributed by atoms with Gasteiger partial charge in [-0.25, -0.2) is 9.78 Å². The van der Waals surface area contributed by atoms with E-state index in [-0.39, 0.29) is 22.9 Å². The zero-order valence-electron chi connectivity index (χ0n) is 26.6. The van der Waals surface area contributed by atoms with Gasteiger partial charge in [-0.1, -0.05) is 56.4 Å². The number of hydrogen-bond donors (Lipinski definition) is 2. The molecule has 4 aliphatic carbocycles. The average Bonchev–Trinajstić information content (AvgIpc) is 3.56. The van der Waals surface area contributed by atoms with Gasteiger partial charge in [0.2, 0.25) is 5.89 Å². The topological polar surface area (TPSA) is 92.8 Å². The highest BCUT2D eigenvalue weighted by molar-refractivity contribution is 5.89. The molecule has 0 spiro atoms. The monoisotopic (exact) mass is 599 g/mol. The summed E-state index contributed by atoms with van der Waals surface area (Å²) in [4.78, 5) is 17.9. The van der Waals surface area contributed by atoms with Gasteiger partial charge < -0.3 is 19.4 Å². The summed E-state index contributed by atoms with van der Waals surface area (Å²) < 4.78 is 12.2. The average molecular weight is 600 g/mol. The Kier molecular flexibility index (Phi) is 8.78. The molecular weight excluding hydrogens is 550 g/mol. The number of aryl methyl sites for hydroxylation is 1. The van der Waals surface area contributed by atoms with Crippen molar-refractivity contribution in [2.24, 2.45) is 23.2 Å². The van der Waals surface area contributed by atoms with Gasteiger partial charge in [-0.15, -0.1) is 0 Å². The molecule has 0 saturated heterocycles. The van der Waals surface area contributed by atoms with Crippen LogP contribution in [0.15, 0.2) is 76.5 Å². The number of nitrogens with zero attached hydrogens (tertiary/aromatic N) is 1. The summed E-state index contributed by atoms with van der Waals surface area (Å²) in [5.74, 6) is 2.07. The molecule has 2 aromatic rings. The summed E-state index contributed by atoms with van der Waals surface area (Å²) >= 11 is 0. The van der Waals surface area contributed by atoms with Crippen molar-refractivity contribution in [3.05, 3.63) is 89.2 Å². The molecule has 0 amide bonds. The number of carbonyl (C=O) groups is 1. The number of ether oxygens (including phenoxy) is 1. The maximum absolute atomic E-state index is 13.3. The maximum Gasteiger partial charge on any atom is 0.338 e. The lowest BCUT2D eigenvalue weighted by molar-refractivity contribution is 0.00970. The smallest absolute Gasteiger partial charge is 0.338 e. The zero-order valence-corrected chi connectivity index (χ0v) is 26.6. The third kappa shape index (κ3) is 6.00. The summed E-state index contributed by atoms with van der Waals surface area (Å²) in [7, 11) is 0. The first-order valence-electron chi connectivity index (χ1n) is 16.7. The molecule has 2 N–H and O–H groups in total. The molecule has 7 atom stereocenters. The molecule has 0 aliphatic heterocycles.